The molecule has 1 saturated heterocycles. The van der Waals surface area contributed by atoms with E-state index in [2.05, 4.69) is 12.1 Å². The molecule has 1 unspecified atom stereocenters. The number of methoxy groups -OCH3 is 1. The van der Waals surface area contributed by atoms with Gasteiger partial charge in [0.25, 0.3) is 5.91 Å². The second kappa shape index (κ2) is 7.37. The number of nitrogens with zero attached hydrogens (tertiary/aromatic N) is 1. The number of benzene rings is 1. The minimum Gasteiger partial charge on any atom is -0.497 e. The summed E-state index contributed by atoms with van der Waals surface area (Å²) in [6.45, 7) is 1.59. The summed E-state index contributed by atoms with van der Waals surface area (Å²) in [4.78, 5) is 15.4. The highest BCUT2D eigenvalue weighted by molar-refractivity contribution is 7.17. The first-order valence-corrected chi connectivity index (χ1v) is 9.05. The molecule has 3 rings (SSSR count). The van der Waals surface area contributed by atoms with E-state index in [0.717, 1.165) is 43.0 Å². The fourth-order valence-electron chi connectivity index (χ4n) is 3.06. The van der Waals surface area contributed by atoms with Gasteiger partial charge in [-0.3, -0.25) is 4.79 Å². The summed E-state index contributed by atoms with van der Waals surface area (Å²) >= 11 is 7.32. The van der Waals surface area contributed by atoms with Crippen molar-refractivity contribution in [3.63, 3.8) is 0 Å². The van der Waals surface area contributed by atoms with Gasteiger partial charge in [0.05, 0.1) is 16.3 Å². The van der Waals surface area contributed by atoms with Crippen molar-refractivity contribution in [2.75, 3.05) is 20.2 Å². The molecule has 2 heterocycles. The van der Waals surface area contributed by atoms with Crippen LogP contribution in [0.1, 0.15) is 40.4 Å². The van der Waals surface area contributed by atoms with Gasteiger partial charge < -0.3 is 9.64 Å². The molecule has 0 N–H and O–H groups in total. The average Bonchev–Trinajstić information content (AvgIpc) is 2.87. The zero-order valence-corrected chi connectivity index (χ0v) is 14.7. The van der Waals surface area contributed by atoms with E-state index in [9.17, 15) is 4.79 Å². The summed E-state index contributed by atoms with van der Waals surface area (Å²) in [5, 5.41) is 0. The molecule has 1 aromatic carbocycles. The van der Waals surface area contributed by atoms with Crippen LogP contribution >= 0.6 is 22.9 Å². The van der Waals surface area contributed by atoms with Gasteiger partial charge in [-0.2, -0.15) is 0 Å². The predicted molar refractivity (Wildman–Crippen MR) is 94.8 cm³/mol. The van der Waals surface area contributed by atoms with Gasteiger partial charge in [-0.25, -0.2) is 0 Å². The number of likely N-dealkylation sites (tertiary alicyclic amines) is 1. The minimum atomic E-state index is 0.0994. The Hall–Kier alpha value is -1.52. The van der Waals surface area contributed by atoms with E-state index < -0.39 is 0 Å². The Balaban J connectivity index is 1.76. The number of ether oxygens (including phenoxy) is 1. The van der Waals surface area contributed by atoms with Crippen molar-refractivity contribution in [2.45, 2.75) is 25.2 Å². The Labute approximate surface area is 145 Å². The van der Waals surface area contributed by atoms with Crippen LogP contribution in [0.15, 0.2) is 36.4 Å². The van der Waals surface area contributed by atoms with Crippen LogP contribution in [0.25, 0.3) is 0 Å². The molecule has 0 aliphatic carbocycles. The fraction of sp³-hybridized carbons (Fsp3) is 0.389. The summed E-state index contributed by atoms with van der Waals surface area (Å²) in [5.74, 6) is 1.34. The quantitative estimate of drug-likeness (QED) is 0.795. The molecule has 1 aromatic heterocycles. The van der Waals surface area contributed by atoms with E-state index in [-0.39, 0.29) is 5.91 Å². The van der Waals surface area contributed by atoms with Crippen LogP contribution in [-0.2, 0) is 0 Å². The normalized spacial score (nSPS) is 18.5. The van der Waals surface area contributed by atoms with Crippen LogP contribution in [0, 0.1) is 0 Å². The number of hydrogen-bond acceptors (Lipinski definition) is 3. The average molecular weight is 350 g/mol. The van der Waals surface area contributed by atoms with Crippen molar-refractivity contribution in [2.24, 2.45) is 0 Å². The number of hydrogen-bond donors (Lipinski definition) is 0. The molecule has 1 amide bonds. The van der Waals surface area contributed by atoms with Crippen LogP contribution in [-0.4, -0.2) is 31.0 Å². The monoisotopic (exact) mass is 349 g/mol. The van der Waals surface area contributed by atoms with E-state index in [1.54, 1.807) is 13.2 Å². The third-order valence-electron chi connectivity index (χ3n) is 4.33. The van der Waals surface area contributed by atoms with Crippen LogP contribution in [0.4, 0.5) is 0 Å². The van der Waals surface area contributed by atoms with E-state index in [1.165, 1.54) is 16.9 Å². The van der Waals surface area contributed by atoms with Gasteiger partial charge in [0.2, 0.25) is 0 Å². The highest BCUT2D eigenvalue weighted by Gasteiger charge is 2.24. The number of thiophene rings is 1. The third kappa shape index (κ3) is 3.88. The molecule has 5 heteroatoms. The first-order valence-electron chi connectivity index (χ1n) is 7.86. The maximum Gasteiger partial charge on any atom is 0.263 e. The molecule has 0 saturated carbocycles. The van der Waals surface area contributed by atoms with Crippen LogP contribution in [0.2, 0.25) is 4.34 Å². The van der Waals surface area contributed by atoms with Gasteiger partial charge in [-0.05, 0) is 42.7 Å². The van der Waals surface area contributed by atoms with Crippen molar-refractivity contribution in [1.29, 1.82) is 0 Å². The first-order chi connectivity index (χ1) is 11.2. The maximum atomic E-state index is 12.7. The zero-order valence-electron chi connectivity index (χ0n) is 13.1. The molecule has 122 valence electrons. The lowest BCUT2D eigenvalue weighted by Gasteiger charge is -2.24. The lowest BCUT2D eigenvalue weighted by atomic mass is 9.94. The highest BCUT2D eigenvalue weighted by atomic mass is 35.5. The zero-order chi connectivity index (χ0) is 16.2. The summed E-state index contributed by atoms with van der Waals surface area (Å²) in [7, 11) is 1.67. The molecule has 0 radical (unpaired) electrons. The maximum absolute atomic E-state index is 12.7. The number of rotatable bonds is 3. The number of amides is 1. The SMILES string of the molecule is COc1ccc(C2CCCCN(C(=O)c3ccc(Cl)s3)C2)cc1. The molecule has 23 heavy (non-hydrogen) atoms. The summed E-state index contributed by atoms with van der Waals surface area (Å²) in [5.41, 5.74) is 1.27. The lowest BCUT2D eigenvalue weighted by Crippen LogP contribution is -2.33. The Kier molecular flexibility index (Phi) is 5.23. The van der Waals surface area contributed by atoms with Crippen molar-refractivity contribution in [3.8, 4) is 5.75 Å². The second-order valence-electron chi connectivity index (χ2n) is 5.82. The van der Waals surface area contributed by atoms with Gasteiger partial charge in [0.1, 0.15) is 5.75 Å². The predicted octanol–water partition coefficient (Wildman–Crippen LogP) is 4.82. The van der Waals surface area contributed by atoms with Crippen LogP contribution in [0.3, 0.4) is 0 Å². The Morgan fingerprint density at radius 3 is 2.65 bits per heavy atom. The van der Waals surface area contributed by atoms with Gasteiger partial charge in [-0.1, -0.05) is 30.2 Å². The van der Waals surface area contributed by atoms with Crippen molar-refractivity contribution >= 4 is 28.8 Å². The molecule has 2 aromatic rings. The van der Waals surface area contributed by atoms with Gasteiger partial charge in [-0.15, -0.1) is 11.3 Å². The Bertz CT molecular complexity index is 668. The van der Waals surface area contributed by atoms with Crippen LogP contribution in [0.5, 0.6) is 5.75 Å². The molecule has 0 spiro atoms. The second-order valence-corrected chi connectivity index (χ2v) is 7.54. The van der Waals surface area contributed by atoms with E-state index in [0.29, 0.717) is 10.3 Å². The van der Waals surface area contributed by atoms with E-state index in [4.69, 9.17) is 16.3 Å². The minimum absolute atomic E-state index is 0.0994. The van der Waals surface area contributed by atoms with E-state index in [1.807, 2.05) is 23.1 Å². The first kappa shape index (κ1) is 16.3. The molecule has 1 aliphatic heterocycles. The summed E-state index contributed by atoms with van der Waals surface area (Å²) < 4.78 is 5.89. The largest absolute Gasteiger partial charge is 0.497 e. The third-order valence-corrected chi connectivity index (χ3v) is 5.55. The van der Waals surface area contributed by atoms with Crippen LogP contribution < -0.4 is 4.74 Å². The number of carbonyl (C=O) groups excluding carboxylic acids is 1. The van der Waals surface area contributed by atoms with Crippen molar-refractivity contribution < 1.29 is 9.53 Å². The lowest BCUT2D eigenvalue weighted by molar-refractivity contribution is 0.0759. The van der Waals surface area contributed by atoms with E-state index >= 15 is 0 Å². The van der Waals surface area contributed by atoms with Gasteiger partial charge in [0.15, 0.2) is 0 Å². The van der Waals surface area contributed by atoms with Gasteiger partial charge >= 0.3 is 0 Å². The Morgan fingerprint density at radius 2 is 2.00 bits per heavy atom. The molecule has 1 aliphatic rings. The molecular formula is C18H20ClNO2S. The standard InChI is InChI=1S/C18H20ClNO2S/c1-22-15-7-5-13(6-8-15)14-4-2-3-11-20(12-14)18(21)16-9-10-17(19)23-16/h5-10,14H,2-4,11-12H2,1H3. The summed E-state index contributed by atoms with van der Waals surface area (Å²) in [6, 6.07) is 11.8. The fourth-order valence-corrected chi connectivity index (χ4v) is 4.07. The smallest absolute Gasteiger partial charge is 0.263 e. The van der Waals surface area contributed by atoms with Gasteiger partial charge in [0, 0.05) is 19.0 Å². The topological polar surface area (TPSA) is 29.5 Å². The molecule has 0 bridgehead atoms. The molecule has 1 fully saturated rings. The molecule has 3 nitrogen and oxygen atoms in total. The molecular weight excluding hydrogens is 330 g/mol. The summed E-state index contributed by atoms with van der Waals surface area (Å²) in [6.07, 6.45) is 3.31. The van der Waals surface area contributed by atoms with Crippen molar-refractivity contribution in [3.05, 3.63) is 51.2 Å². The molecule has 1 atom stereocenters. The Morgan fingerprint density at radius 1 is 1.22 bits per heavy atom. The number of halogens is 1. The van der Waals surface area contributed by atoms with Crippen molar-refractivity contribution in [1.82, 2.24) is 4.90 Å². The number of carbonyl (C=O) groups is 1. The highest BCUT2D eigenvalue weighted by Crippen LogP contribution is 2.30.